The second-order valence-electron chi connectivity index (χ2n) is 5.88. The van der Waals surface area contributed by atoms with Gasteiger partial charge in [-0.3, -0.25) is 14.9 Å². The first kappa shape index (κ1) is 16.9. The van der Waals surface area contributed by atoms with Crippen LogP contribution in [0, 0.1) is 22.0 Å². The van der Waals surface area contributed by atoms with Gasteiger partial charge in [-0.15, -0.1) is 0 Å². The van der Waals surface area contributed by atoms with E-state index in [2.05, 4.69) is 4.98 Å². The molecular formula is C14H22N4O3. The van der Waals surface area contributed by atoms with Gasteiger partial charge >= 0.3 is 0 Å². The normalized spacial score (nSPS) is 11.0. The van der Waals surface area contributed by atoms with Crippen molar-refractivity contribution in [2.45, 2.75) is 27.7 Å². The predicted octanol–water partition coefficient (Wildman–Crippen LogP) is 2.33. The van der Waals surface area contributed by atoms with Crippen molar-refractivity contribution in [3.63, 3.8) is 0 Å². The molecule has 2 N–H and O–H groups in total. The van der Waals surface area contributed by atoms with E-state index >= 15 is 0 Å². The van der Waals surface area contributed by atoms with Crippen molar-refractivity contribution < 1.29 is 9.72 Å². The lowest BCUT2D eigenvalue weighted by atomic mass is 10.1. The van der Waals surface area contributed by atoms with E-state index in [9.17, 15) is 14.9 Å². The van der Waals surface area contributed by atoms with Crippen LogP contribution in [0.15, 0.2) is 12.3 Å². The molecule has 0 saturated heterocycles. The fourth-order valence-corrected chi connectivity index (χ4v) is 2.03. The smallest absolute Gasteiger partial charge is 0.288 e. The highest BCUT2D eigenvalue weighted by atomic mass is 16.6. The van der Waals surface area contributed by atoms with Gasteiger partial charge in [-0.2, -0.15) is 0 Å². The summed E-state index contributed by atoms with van der Waals surface area (Å²) in [7, 11) is 0. The second-order valence-corrected chi connectivity index (χ2v) is 5.88. The number of pyridine rings is 1. The molecule has 0 aliphatic carbocycles. The van der Waals surface area contributed by atoms with Crippen LogP contribution in [-0.2, 0) is 0 Å². The minimum absolute atomic E-state index is 0.0168. The van der Waals surface area contributed by atoms with E-state index < -0.39 is 4.92 Å². The van der Waals surface area contributed by atoms with E-state index in [0.717, 1.165) is 6.20 Å². The zero-order chi connectivity index (χ0) is 16.2. The van der Waals surface area contributed by atoms with Crippen LogP contribution in [0.5, 0.6) is 0 Å². The van der Waals surface area contributed by atoms with Crippen molar-refractivity contribution in [2.24, 2.45) is 11.8 Å². The van der Waals surface area contributed by atoms with Crippen LogP contribution in [0.2, 0.25) is 0 Å². The summed E-state index contributed by atoms with van der Waals surface area (Å²) >= 11 is 0. The molecule has 0 atom stereocenters. The number of nitrogens with two attached hydrogens (primary N) is 1. The fraction of sp³-hybridized carbons (Fsp3) is 0.571. The molecule has 116 valence electrons. The molecule has 0 aliphatic rings. The van der Waals surface area contributed by atoms with Gasteiger partial charge in [0.1, 0.15) is 12.0 Å². The Bertz CT molecular complexity index is 519. The van der Waals surface area contributed by atoms with Crippen molar-refractivity contribution in [1.82, 2.24) is 9.88 Å². The minimum Gasteiger partial charge on any atom is -0.383 e. The molecule has 1 aromatic rings. The number of amides is 1. The Labute approximate surface area is 124 Å². The van der Waals surface area contributed by atoms with Crippen molar-refractivity contribution >= 4 is 17.4 Å². The summed E-state index contributed by atoms with van der Waals surface area (Å²) in [5, 5.41) is 10.8. The first-order valence-corrected chi connectivity index (χ1v) is 6.91. The second kappa shape index (κ2) is 7.01. The third kappa shape index (κ3) is 4.70. The molecule has 1 amide bonds. The van der Waals surface area contributed by atoms with Crippen LogP contribution in [0.3, 0.4) is 0 Å². The standard InChI is InChI=1S/C14H22N4O3/c1-9(2)7-17(8-10(3)4)14(19)12-5-11(18(20)21)6-16-13(12)15/h5-6,9-10H,7-8H2,1-4H3,(H2,15,16). The number of carbonyl (C=O) groups excluding carboxylic acids is 1. The van der Waals surface area contributed by atoms with Crippen LogP contribution in [0.1, 0.15) is 38.1 Å². The van der Waals surface area contributed by atoms with E-state index in [0.29, 0.717) is 24.9 Å². The van der Waals surface area contributed by atoms with Gasteiger partial charge in [0.25, 0.3) is 11.6 Å². The summed E-state index contributed by atoms with van der Waals surface area (Å²) < 4.78 is 0. The molecule has 0 radical (unpaired) electrons. The van der Waals surface area contributed by atoms with Crippen molar-refractivity contribution in [3.05, 3.63) is 27.9 Å². The number of aromatic nitrogens is 1. The number of rotatable bonds is 6. The van der Waals surface area contributed by atoms with Crippen LogP contribution < -0.4 is 5.73 Å². The summed E-state index contributed by atoms with van der Waals surface area (Å²) in [6, 6.07) is 1.19. The lowest BCUT2D eigenvalue weighted by molar-refractivity contribution is -0.385. The van der Waals surface area contributed by atoms with Gasteiger partial charge < -0.3 is 10.6 Å². The van der Waals surface area contributed by atoms with Gasteiger partial charge in [0, 0.05) is 19.2 Å². The van der Waals surface area contributed by atoms with Gasteiger partial charge in [-0.25, -0.2) is 4.98 Å². The number of carbonyl (C=O) groups is 1. The SMILES string of the molecule is CC(C)CN(CC(C)C)C(=O)c1cc([N+](=O)[O-])cnc1N. The van der Waals surface area contributed by atoms with Crippen LogP contribution in [-0.4, -0.2) is 33.8 Å². The number of nitrogen functional groups attached to an aromatic ring is 1. The lowest BCUT2D eigenvalue weighted by Gasteiger charge is -2.26. The highest BCUT2D eigenvalue weighted by Gasteiger charge is 2.23. The molecule has 1 aromatic heterocycles. The molecule has 21 heavy (non-hydrogen) atoms. The molecule has 1 heterocycles. The number of nitro groups is 1. The van der Waals surface area contributed by atoms with Gasteiger partial charge in [0.05, 0.1) is 10.5 Å². The maximum Gasteiger partial charge on any atom is 0.288 e. The van der Waals surface area contributed by atoms with Crippen LogP contribution in [0.4, 0.5) is 11.5 Å². The maximum absolute atomic E-state index is 12.6. The van der Waals surface area contributed by atoms with Crippen molar-refractivity contribution in [3.8, 4) is 0 Å². The van der Waals surface area contributed by atoms with E-state index in [1.54, 1.807) is 4.90 Å². The van der Waals surface area contributed by atoms with Crippen LogP contribution >= 0.6 is 0 Å². The number of hydrogen-bond acceptors (Lipinski definition) is 5. The number of anilines is 1. The Hall–Kier alpha value is -2.18. The summed E-state index contributed by atoms with van der Waals surface area (Å²) in [6.45, 7) is 9.18. The monoisotopic (exact) mass is 294 g/mol. The molecule has 0 saturated carbocycles. The summed E-state index contributed by atoms with van der Waals surface area (Å²) in [4.78, 5) is 28.2. The summed E-state index contributed by atoms with van der Waals surface area (Å²) in [6.07, 6.45) is 1.06. The third-order valence-corrected chi connectivity index (χ3v) is 2.80. The van der Waals surface area contributed by atoms with E-state index in [1.165, 1.54) is 6.07 Å². The topological polar surface area (TPSA) is 102 Å². The molecule has 0 unspecified atom stereocenters. The summed E-state index contributed by atoms with van der Waals surface area (Å²) in [5.41, 5.74) is 5.56. The molecule has 7 nitrogen and oxygen atoms in total. The Morgan fingerprint density at radius 2 is 1.86 bits per heavy atom. The average molecular weight is 294 g/mol. The Balaban J connectivity index is 3.12. The van der Waals surface area contributed by atoms with Crippen LogP contribution in [0.25, 0.3) is 0 Å². The minimum atomic E-state index is -0.585. The van der Waals surface area contributed by atoms with Gasteiger partial charge in [-0.1, -0.05) is 27.7 Å². The first-order valence-electron chi connectivity index (χ1n) is 6.91. The zero-order valence-corrected chi connectivity index (χ0v) is 12.9. The first-order chi connectivity index (χ1) is 9.72. The molecule has 7 heteroatoms. The molecule has 0 aromatic carbocycles. The fourth-order valence-electron chi connectivity index (χ4n) is 2.03. The molecule has 0 spiro atoms. The average Bonchev–Trinajstić information content (AvgIpc) is 2.36. The van der Waals surface area contributed by atoms with Gasteiger partial charge in [0.15, 0.2) is 0 Å². The quantitative estimate of drug-likeness (QED) is 0.640. The largest absolute Gasteiger partial charge is 0.383 e. The molecule has 0 aliphatic heterocycles. The Morgan fingerprint density at radius 1 is 1.33 bits per heavy atom. The predicted molar refractivity (Wildman–Crippen MR) is 80.9 cm³/mol. The third-order valence-electron chi connectivity index (χ3n) is 2.80. The maximum atomic E-state index is 12.6. The van der Waals surface area contributed by atoms with Gasteiger partial charge in [0.2, 0.25) is 0 Å². The van der Waals surface area contributed by atoms with Crippen molar-refractivity contribution in [2.75, 3.05) is 18.8 Å². The number of hydrogen-bond donors (Lipinski definition) is 1. The highest BCUT2D eigenvalue weighted by molar-refractivity contribution is 5.98. The molecular weight excluding hydrogens is 272 g/mol. The van der Waals surface area contributed by atoms with Crippen molar-refractivity contribution in [1.29, 1.82) is 0 Å². The highest BCUT2D eigenvalue weighted by Crippen LogP contribution is 2.19. The summed E-state index contributed by atoms with van der Waals surface area (Å²) in [5.74, 6) is 0.287. The Kier molecular flexibility index (Phi) is 5.63. The lowest BCUT2D eigenvalue weighted by Crippen LogP contribution is -2.37. The molecule has 1 rings (SSSR count). The van der Waals surface area contributed by atoms with E-state index in [4.69, 9.17) is 5.73 Å². The van der Waals surface area contributed by atoms with E-state index in [1.807, 2.05) is 27.7 Å². The molecule has 0 bridgehead atoms. The zero-order valence-electron chi connectivity index (χ0n) is 12.9. The van der Waals surface area contributed by atoms with E-state index in [-0.39, 0.29) is 23.0 Å². The Morgan fingerprint density at radius 3 is 2.29 bits per heavy atom. The number of nitrogens with zero attached hydrogens (tertiary/aromatic N) is 3. The van der Waals surface area contributed by atoms with Gasteiger partial charge in [-0.05, 0) is 11.8 Å². The molecule has 0 fully saturated rings.